The van der Waals surface area contributed by atoms with Crippen LogP contribution in [-0.2, 0) is 4.74 Å². The van der Waals surface area contributed by atoms with Gasteiger partial charge in [0, 0.05) is 24.0 Å². The highest BCUT2D eigenvalue weighted by Gasteiger charge is 2.20. The number of rotatable bonds is 6. The van der Waals surface area contributed by atoms with Crippen LogP contribution in [0.5, 0.6) is 5.75 Å². The molecule has 2 rings (SSSR count). The standard InChI is InChI=1S/C20H25N3O4/c1-5-27-20(25)22-16-12-10-15(11-13-16)21-19(24)23(3)14(2)17-8-6-7-9-18(17)26-4/h6-14H,5H2,1-4H3,(H,21,24)(H,22,25). The van der Waals surface area contributed by atoms with Gasteiger partial charge in [-0.25, -0.2) is 9.59 Å². The van der Waals surface area contributed by atoms with Crippen LogP contribution in [0.25, 0.3) is 0 Å². The first-order valence-corrected chi connectivity index (χ1v) is 8.66. The Morgan fingerprint density at radius 1 is 1.04 bits per heavy atom. The van der Waals surface area contributed by atoms with E-state index in [1.807, 2.05) is 31.2 Å². The zero-order valence-corrected chi connectivity index (χ0v) is 16.0. The van der Waals surface area contributed by atoms with Gasteiger partial charge >= 0.3 is 12.1 Å². The van der Waals surface area contributed by atoms with Gasteiger partial charge in [0.05, 0.1) is 19.8 Å². The van der Waals surface area contributed by atoms with Gasteiger partial charge in [0.25, 0.3) is 0 Å². The van der Waals surface area contributed by atoms with Crippen molar-refractivity contribution in [2.24, 2.45) is 0 Å². The van der Waals surface area contributed by atoms with E-state index in [2.05, 4.69) is 10.6 Å². The van der Waals surface area contributed by atoms with Crippen LogP contribution in [0.2, 0.25) is 0 Å². The normalized spacial score (nSPS) is 11.3. The first-order chi connectivity index (χ1) is 13.0. The van der Waals surface area contributed by atoms with Crippen molar-refractivity contribution in [2.45, 2.75) is 19.9 Å². The van der Waals surface area contributed by atoms with Crippen LogP contribution in [0.1, 0.15) is 25.5 Å². The van der Waals surface area contributed by atoms with Gasteiger partial charge < -0.3 is 19.7 Å². The Hall–Kier alpha value is -3.22. The van der Waals surface area contributed by atoms with Gasteiger partial charge in [-0.1, -0.05) is 18.2 Å². The second-order valence-electron chi connectivity index (χ2n) is 5.88. The van der Waals surface area contributed by atoms with E-state index in [1.54, 1.807) is 50.2 Å². The van der Waals surface area contributed by atoms with Gasteiger partial charge in [-0.05, 0) is 44.2 Å². The molecule has 0 aliphatic carbocycles. The number of anilines is 2. The molecule has 144 valence electrons. The first kappa shape index (κ1) is 20.1. The summed E-state index contributed by atoms with van der Waals surface area (Å²) < 4.78 is 10.2. The summed E-state index contributed by atoms with van der Waals surface area (Å²) in [6.07, 6.45) is -0.514. The second-order valence-corrected chi connectivity index (χ2v) is 5.88. The maximum Gasteiger partial charge on any atom is 0.411 e. The summed E-state index contributed by atoms with van der Waals surface area (Å²) in [6, 6.07) is 14.0. The smallest absolute Gasteiger partial charge is 0.411 e. The van der Waals surface area contributed by atoms with Gasteiger partial charge in [-0.3, -0.25) is 5.32 Å². The summed E-state index contributed by atoms with van der Waals surface area (Å²) >= 11 is 0. The fourth-order valence-corrected chi connectivity index (χ4v) is 2.53. The number of amides is 3. The fourth-order valence-electron chi connectivity index (χ4n) is 2.53. The summed E-state index contributed by atoms with van der Waals surface area (Å²) in [6.45, 7) is 3.97. The summed E-state index contributed by atoms with van der Waals surface area (Å²) in [4.78, 5) is 25.6. The summed E-state index contributed by atoms with van der Waals surface area (Å²) in [7, 11) is 3.33. The van der Waals surface area contributed by atoms with Crippen molar-refractivity contribution in [3.05, 3.63) is 54.1 Å². The van der Waals surface area contributed by atoms with E-state index >= 15 is 0 Å². The SMILES string of the molecule is CCOC(=O)Nc1ccc(NC(=O)N(C)C(C)c2ccccc2OC)cc1. The van der Waals surface area contributed by atoms with Crippen LogP contribution < -0.4 is 15.4 Å². The molecule has 0 saturated carbocycles. The molecule has 3 amide bonds. The lowest BCUT2D eigenvalue weighted by molar-refractivity contribution is 0.168. The molecule has 0 fully saturated rings. The number of methoxy groups -OCH3 is 1. The van der Waals surface area contributed by atoms with Gasteiger partial charge in [0.15, 0.2) is 0 Å². The molecule has 1 unspecified atom stereocenters. The van der Waals surface area contributed by atoms with Crippen molar-refractivity contribution in [3.63, 3.8) is 0 Å². The number of nitrogens with zero attached hydrogens (tertiary/aromatic N) is 1. The number of benzene rings is 2. The van der Waals surface area contributed by atoms with Crippen LogP contribution >= 0.6 is 0 Å². The first-order valence-electron chi connectivity index (χ1n) is 8.66. The number of nitrogens with one attached hydrogen (secondary N) is 2. The highest BCUT2D eigenvalue weighted by atomic mass is 16.5. The lowest BCUT2D eigenvalue weighted by Gasteiger charge is -2.26. The molecule has 2 N–H and O–H groups in total. The zero-order chi connectivity index (χ0) is 19.8. The maximum absolute atomic E-state index is 12.6. The van der Waals surface area contributed by atoms with E-state index < -0.39 is 6.09 Å². The van der Waals surface area contributed by atoms with Crippen LogP contribution in [0.15, 0.2) is 48.5 Å². The number of ether oxygens (including phenoxy) is 2. The molecule has 2 aromatic rings. The van der Waals surface area contributed by atoms with E-state index in [0.29, 0.717) is 18.0 Å². The van der Waals surface area contributed by atoms with Gasteiger partial charge in [-0.15, -0.1) is 0 Å². The van der Waals surface area contributed by atoms with Crippen molar-refractivity contribution in [2.75, 3.05) is 31.4 Å². The molecule has 0 aliphatic rings. The Labute approximate surface area is 159 Å². The maximum atomic E-state index is 12.6. The zero-order valence-electron chi connectivity index (χ0n) is 16.0. The van der Waals surface area contributed by atoms with Crippen molar-refractivity contribution in [1.82, 2.24) is 4.90 Å². The average Bonchev–Trinajstić information content (AvgIpc) is 2.68. The number of hydrogen-bond acceptors (Lipinski definition) is 4. The molecule has 0 heterocycles. The van der Waals surface area contributed by atoms with Crippen LogP contribution in [0.3, 0.4) is 0 Å². The van der Waals surface area contributed by atoms with Gasteiger partial charge in [0.1, 0.15) is 5.75 Å². The Morgan fingerprint density at radius 3 is 2.22 bits per heavy atom. The Kier molecular flexibility index (Phi) is 7.05. The lowest BCUT2D eigenvalue weighted by Crippen LogP contribution is -2.33. The number of hydrogen-bond donors (Lipinski definition) is 2. The van der Waals surface area contributed by atoms with E-state index in [0.717, 1.165) is 11.3 Å². The minimum absolute atomic E-state index is 0.175. The number of carbonyl (C=O) groups excluding carboxylic acids is 2. The summed E-state index contributed by atoms with van der Waals surface area (Å²) in [5.74, 6) is 0.735. The molecule has 0 saturated heterocycles. The third-order valence-corrected chi connectivity index (χ3v) is 4.15. The minimum Gasteiger partial charge on any atom is -0.496 e. The van der Waals surface area contributed by atoms with E-state index in [4.69, 9.17) is 9.47 Å². The number of para-hydroxylation sites is 1. The highest BCUT2D eigenvalue weighted by Crippen LogP contribution is 2.28. The van der Waals surface area contributed by atoms with Crippen molar-refractivity contribution in [3.8, 4) is 5.75 Å². The molecule has 7 nitrogen and oxygen atoms in total. The van der Waals surface area contributed by atoms with E-state index in [9.17, 15) is 9.59 Å². The Balaban J connectivity index is 2.00. The Bertz CT molecular complexity index is 777. The van der Waals surface area contributed by atoms with Crippen molar-refractivity contribution >= 4 is 23.5 Å². The van der Waals surface area contributed by atoms with E-state index in [1.165, 1.54) is 0 Å². The quantitative estimate of drug-likeness (QED) is 0.784. The van der Waals surface area contributed by atoms with Crippen LogP contribution in [-0.4, -0.2) is 37.8 Å². The molecule has 0 spiro atoms. The monoisotopic (exact) mass is 371 g/mol. The molecular formula is C20H25N3O4. The average molecular weight is 371 g/mol. The van der Waals surface area contributed by atoms with Crippen LogP contribution in [0, 0.1) is 0 Å². The van der Waals surface area contributed by atoms with Crippen LogP contribution in [0.4, 0.5) is 21.0 Å². The van der Waals surface area contributed by atoms with Gasteiger partial charge in [-0.2, -0.15) is 0 Å². The predicted octanol–water partition coefficient (Wildman–Crippen LogP) is 4.49. The fraction of sp³-hybridized carbons (Fsp3) is 0.300. The second kappa shape index (κ2) is 9.47. The largest absolute Gasteiger partial charge is 0.496 e. The summed E-state index contributed by atoms with van der Waals surface area (Å²) in [5.41, 5.74) is 2.13. The highest BCUT2D eigenvalue weighted by molar-refractivity contribution is 5.90. The third kappa shape index (κ3) is 5.37. The molecule has 0 radical (unpaired) electrons. The lowest BCUT2D eigenvalue weighted by atomic mass is 10.1. The molecule has 0 aliphatic heterocycles. The third-order valence-electron chi connectivity index (χ3n) is 4.15. The van der Waals surface area contributed by atoms with Crippen molar-refractivity contribution < 1.29 is 19.1 Å². The molecule has 27 heavy (non-hydrogen) atoms. The molecule has 7 heteroatoms. The molecule has 1 atom stereocenters. The minimum atomic E-state index is -0.514. The molecule has 2 aromatic carbocycles. The number of urea groups is 1. The van der Waals surface area contributed by atoms with Gasteiger partial charge in [0.2, 0.25) is 0 Å². The predicted molar refractivity (Wildman–Crippen MR) is 105 cm³/mol. The topological polar surface area (TPSA) is 79.9 Å². The molecular weight excluding hydrogens is 346 g/mol. The summed E-state index contributed by atoms with van der Waals surface area (Å²) in [5, 5.41) is 5.44. The Morgan fingerprint density at radius 2 is 1.63 bits per heavy atom. The number of carbonyl (C=O) groups is 2. The van der Waals surface area contributed by atoms with E-state index in [-0.39, 0.29) is 12.1 Å². The molecule has 0 aromatic heterocycles. The van der Waals surface area contributed by atoms with Crippen molar-refractivity contribution in [1.29, 1.82) is 0 Å². The molecule has 0 bridgehead atoms.